The Hall–Kier alpha value is -1.28. The molecule has 0 saturated carbocycles. The summed E-state index contributed by atoms with van der Waals surface area (Å²) in [4.78, 5) is 0. The zero-order chi connectivity index (χ0) is 10.8. The Bertz CT molecular complexity index is 447. The minimum Gasteiger partial charge on any atom is -0.469 e. The van der Waals surface area contributed by atoms with Gasteiger partial charge in [-0.2, -0.15) is 0 Å². The van der Waals surface area contributed by atoms with Crippen molar-refractivity contribution in [2.24, 2.45) is 0 Å². The molecule has 15 heavy (non-hydrogen) atoms. The summed E-state index contributed by atoms with van der Waals surface area (Å²) in [5.74, 6) is 0.559. The summed E-state index contributed by atoms with van der Waals surface area (Å²) in [6, 6.07) is 8.03. The third-order valence-electron chi connectivity index (χ3n) is 2.21. The van der Waals surface area contributed by atoms with Crippen molar-refractivity contribution < 1.29 is 8.81 Å². The van der Waals surface area contributed by atoms with E-state index in [2.05, 4.69) is 0 Å². The van der Waals surface area contributed by atoms with Crippen LogP contribution in [0.1, 0.15) is 22.3 Å². The van der Waals surface area contributed by atoms with Crippen LogP contribution in [0.25, 0.3) is 0 Å². The fourth-order valence-electron chi connectivity index (χ4n) is 1.42. The second-order valence-corrected chi connectivity index (χ2v) is 3.84. The lowest BCUT2D eigenvalue weighted by atomic mass is 10.1. The Balaban J connectivity index is 2.28. The van der Waals surface area contributed by atoms with Gasteiger partial charge in [0.05, 0.1) is 11.6 Å². The molecule has 0 saturated heterocycles. The molecule has 1 aromatic carbocycles. The molecule has 1 atom stereocenters. The fourth-order valence-corrected chi connectivity index (χ4v) is 1.68. The first-order valence-electron chi connectivity index (χ1n) is 4.61. The highest BCUT2D eigenvalue weighted by Gasteiger charge is 2.12. The van der Waals surface area contributed by atoms with Crippen molar-refractivity contribution in [2.45, 2.75) is 12.3 Å². The van der Waals surface area contributed by atoms with Crippen LogP contribution in [0.15, 0.2) is 41.0 Å². The van der Waals surface area contributed by atoms with Gasteiger partial charge < -0.3 is 4.42 Å². The third kappa shape index (κ3) is 2.21. The van der Waals surface area contributed by atoms with E-state index >= 15 is 0 Å². The first-order valence-corrected chi connectivity index (χ1v) is 5.05. The Morgan fingerprint density at radius 2 is 1.87 bits per heavy atom. The quantitative estimate of drug-likeness (QED) is 0.702. The average Bonchev–Trinajstić information content (AvgIpc) is 2.65. The smallest absolute Gasteiger partial charge is 0.123 e. The summed E-state index contributed by atoms with van der Waals surface area (Å²) < 4.78 is 17.9. The monoisotopic (exact) mass is 224 g/mol. The van der Waals surface area contributed by atoms with Crippen LogP contribution in [-0.4, -0.2) is 0 Å². The van der Waals surface area contributed by atoms with Crippen molar-refractivity contribution in [3.8, 4) is 0 Å². The van der Waals surface area contributed by atoms with Crippen molar-refractivity contribution in [1.29, 1.82) is 0 Å². The molecule has 0 aliphatic carbocycles. The highest BCUT2D eigenvalue weighted by Crippen LogP contribution is 2.29. The molecule has 0 radical (unpaired) electrons. The highest BCUT2D eigenvalue weighted by molar-refractivity contribution is 6.22. The zero-order valence-corrected chi connectivity index (χ0v) is 8.96. The average molecular weight is 225 g/mol. The molecule has 2 aromatic rings. The van der Waals surface area contributed by atoms with E-state index in [4.69, 9.17) is 16.0 Å². The van der Waals surface area contributed by atoms with Crippen molar-refractivity contribution >= 4 is 11.6 Å². The lowest BCUT2D eigenvalue weighted by molar-refractivity contribution is 0.532. The van der Waals surface area contributed by atoms with Gasteiger partial charge in [0, 0.05) is 5.56 Å². The molecule has 0 N–H and O–H groups in total. The van der Waals surface area contributed by atoms with Crippen LogP contribution in [0, 0.1) is 12.7 Å². The molecule has 0 spiro atoms. The normalized spacial score (nSPS) is 12.7. The fraction of sp³-hybridized carbons (Fsp3) is 0.167. The molecule has 1 heterocycles. The van der Waals surface area contributed by atoms with E-state index in [1.54, 1.807) is 18.4 Å². The first-order chi connectivity index (χ1) is 7.16. The topological polar surface area (TPSA) is 13.1 Å². The summed E-state index contributed by atoms with van der Waals surface area (Å²) in [5.41, 5.74) is 1.75. The molecule has 0 aliphatic rings. The van der Waals surface area contributed by atoms with Gasteiger partial charge >= 0.3 is 0 Å². The van der Waals surface area contributed by atoms with Gasteiger partial charge in [0.1, 0.15) is 11.6 Å². The van der Waals surface area contributed by atoms with E-state index in [9.17, 15) is 4.39 Å². The van der Waals surface area contributed by atoms with E-state index in [1.165, 1.54) is 12.1 Å². The minimum atomic E-state index is -0.289. The predicted molar refractivity (Wildman–Crippen MR) is 57.5 cm³/mol. The van der Waals surface area contributed by atoms with Gasteiger partial charge in [0.2, 0.25) is 0 Å². The number of rotatable bonds is 2. The van der Waals surface area contributed by atoms with Crippen molar-refractivity contribution in [2.75, 3.05) is 0 Å². The van der Waals surface area contributed by atoms with Gasteiger partial charge in [0.25, 0.3) is 0 Å². The number of hydrogen-bond donors (Lipinski definition) is 0. The molecular weight excluding hydrogens is 215 g/mol. The van der Waals surface area contributed by atoms with Gasteiger partial charge in [-0.3, -0.25) is 0 Å². The van der Waals surface area contributed by atoms with Crippen LogP contribution in [0.5, 0.6) is 0 Å². The molecule has 0 fully saturated rings. The first kappa shape index (κ1) is 10.2. The Morgan fingerprint density at radius 3 is 2.40 bits per heavy atom. The lowest BCUT2D eigenvalue weighted by Crippen LogP contribution is -1.90. The Morgan fingerprint density at radius 1 is 1.20 bits per heavy atom. The van der Waals surface area contributed by atoms with Crippen LogP contribution in [-0.2, 0) is 0 Å². The second kappa shape index (κ2) is 4.07. The molecular formula is C12H10ClFO. The molecule has 0 bridgehead atoms. The van der Waals surface area contributed by atoms with Crippen LogP contribution in [0.4, 0.5) is 4.39 Å². The minimum absolute atomic E-state index is 0.258. The number of halogens is 2. The van der Waals surface area contributed by atoms with Gasteiger partial charge in [-0.15, -0.1) is 11.6 Å². The Kier molecular flexibility index (Phi) is 2.78. The molecule has 1 nitrogen and oxygen atoms in total. The van der Waals surface area contributed by atoms with Crippen LogP contribution in [0.3, 0.4) is 0 Å². The number of alkyl halides is 1. The van der Waals surface area contributed by atoms with Crippen LogP contribution < -0.4 is 0 Å². The molecule has 1 aromatic heterocycles. The van der Waals surface area contributed by atoms with Crippen molar-refractivity contribution in [3.63, 3.8) is 0 Å². The van der Waals surface area contributed by atoms with E-state index in [1.807, 2.05) is 13.0 Å². The predicted octanol–water partition coefficient (Wildman–Crippen LogP) is 4.06. The summed E-state index contributed by atoms with van der Waals surface area (Å²) in [5, 5.41) is -0.289. The zero-order valence-electron chi connectivity index (χ0n) is 8.21. The largest absolute Gasteiger partial charge is 0.469 e. The standard InChI is InChI=1S/C12H10ClFO/c1-8-6-10(7-15-8)12(13)9-2-4-11(14)5-3-9/h2-7,12H,1H3. The lowest BCUT2D eigenvalue weighted by Gasteiger charge is -2.06. The molecule has 0 aliphatic heterocycles. The summed E-state index contributed by atoms with van der Waals surface area (Å²) >= 11 is 6.21. The van der Waals surface area contributed by atoms with E-state index in [0.29, 0.717) is 0 Å². The number of furan rings is 1. The third-order valence-corrected chi connectivity index (χ3v) is 2.71. The van der Waals surface area contributed by atoms with Crippen LogP contribution in [0.2, 0.25) is 0 Å². The van der Waals surface area contributed by atoms with Gasteiger partial charge in [0.15, 0.2) is 0 Å². The summed E-state index contributed by atoms with van der Waals surface area (Å²) in [6.45, 7) is 1.86. The van der Waals surface area contributed by atoms with Gasteiger partial charge in [-0.25, -0.2) is 4.39 Å². The number of benzene rings is 1. The van der Waals surface area contributed by atoms with Gasteiger partial charge in [-0.05, 0) is 30.7 Å². The summed E-state index contributed by atoms with van der Waals surface area (Å²) in [6.07, 6.45) is 1.62. The molecule has 78 valence electrons. The van der Waals surface area contributed by atoms with E-state index in [-0.39, 0.29) is 11.2 Å². The van der Waals surface area contributed by atoms with E-state index in [0.717, 1.165) is 16.9 Å². The maximum atomic E-state index is 12.7. The molecule has 2 rings (SSSR count). The molecule has 0 amide bonds. The number of hydrogen-bond acceptors (Lipinski definition) is 1. The number of aryl methyl sites for hydroxylation is 1. The maximum absolute atomic E-state index is 12.7. The molecule has 3 heteroatoms. The molecule has 1 unspecified atom stereocenters. The second-order valence-electron chi connectivity index (χ2n) is 3.40. The van der Waals surface area contributed by atoms with Gasteiger partial charge in [-0.1, -0.05) is 12.1 Å². The highest BCUT2D eigenvalue weighted by atomic mass is 35.5. The maximum Gasteiger partial charge on any atom is 0.123 e. The van der Waals surface area contributed by atoms with Crippen LogP contribution >= 0.6 is 11.6 Å². The summed E-state index contributed by atoms with van der Waals surface area (Å²) in [7, 11) is 0. The Labute approximate surface area is 92.5 Å². The van der Waals surface area contributed by atoms with Crippen molar-refractivity contribution in [1.82, 2.24) is 0 Å². The SMILES string of the molecule is Cc1cc(C(Cl)c2ccc(F)cc2)co1. The van der Waals surface area contributed by atoms with E-state index < -0.39 is 0 Å². The van der Waals surface area contributed by atoms with Crippen molar-refractivity contribution in [3.05, 3.63) is 59.3 Å².